The van der Waals surface area contributed by atoms with Crippen LogP contribution >= 0.6 is 15.9 Å². The minimum Gasteiger partial charge on any atom is -0.372 e. The molecule has 2 rings (SSSR count). The number of halogens is 2. The molecule has 1 fully saturated rings. The van der Waals surface area contributed by atoms with Crippen LogP contribution in [0.2, 0.25) is 0 Å². The third-order valence-corrected chi connectivity index (χ3v) is 3.37. The van der Waals surface area contributed by atoms with Crippen LogP contribution in [0.1, 0.15) is 13.8 Å². The number of ether oxygens (including phenoxy) is 1. The van der Waals surface area contributed by atoms with Gasteiger partial charge in [-0.3, -0.25) is 0 Å². The molecule has 6 heteroatoms. The molecule has 0 unspecified atom stereocenters. The molecule has 0 radical (unpaired) electrons. The SMILES string of the molecule is C[C@@H]1CN(C(=O)Nc2ccc(Br)cc2F)C[C@@H](C)O1. The standard InChI is InChI=1S/C13H16BrFN2O2/c1-8-6-17(7-9(2)19-8)13(18)16-12-4-3-10(14)5-11(12)15/h3-5,8-9H,6-7H2,1-2H3,(H,16,18)/t8-,9-/m1/s1. The van der Waals surface area contributed by atoms with Crippen molar-refractivity contribution >= 4 is 27.6 Å². The summed E-state index contributed by atoms with van der Waals surface area (Å²) in [5.74, 6) is -0.461. The molecule has 1 aliphatic heterocycles. The number of carbonyl (C=O) groups excluding carboxylic acids is 1. The summed E-state index contributed by atoms with van der Waals surface area (Å²) in [6.07, 6.45) is -0.0199. The van der Waals surface area contributed by atoms with Crippen molar-refractivity contribution in [1.82, 2.24) is 4.90 Å². The molecule has 1 aliphatic rings. The van der Waals surface area contributed by atoms with Crippen molar-refractivity contribution in [3.8, 4) is 0 Å². The maximum atomic E-state index is 13.6. The molecular weight excluding hydrogens is 315 g/mol. The molecule has 0 spiro atoms. The maximum absolute atomic E-state index is 13.6. The minimum atomic E-state index is -0.461. The van der Waals surface area contributed by atoms with Crippen LogP contribution in [-0.2, 0) is 4.74 Å². The Morgan fingerprint density at radius 3 is 2.63 bits per heavy atom. The molecule has 1 heterocycles. The van der Waals surface area contributed by atoms with Crippen LogP contribution in [0.15, 0.2) is 22.7 Å². The molecule has 4 nitrogen and oxygen atoms in total. The smallest absolute Gasteiger partial charge is 0.322 e. The van der Waals surface area contributed by atoms with Crippen molar-refractivity contribution in [3.63, 3.8) is 0 Å². The van der Waals surface area contributed by atoms with Crippen molar-refractivity contribution in [1.29, 1.82) is 0 Å². The van der Waals surface area contributed by atoms with E-state index in [9.17, 15) is 9.18 Å². The Hall–Kier alpha value is -1.14. The Balaban J connectivity index is 2.04. The molecule has 1 aromatic rings. The topological polar surface area (TPSA) is 41.6 Å². The largest absolute Gasteiger partial charge is 0.372 e. The van der Waals surface area contributed by atoms with Crippen molar-refractivity contribution in [3.05, 3.63) is 28.5 Å². The minimum absolute atomic E-state index is 0.00994. The lowest BCUT2D eigenvalue weighted by atomic mass is 10.2. The zero-order valence-corrected chi connectivity index (χ0v) is 12.4. The fourth-order valence-electron chi connectivity index (χ4n) is 2.13. The van der Waals surface area contributed by atoms with E-state index in [1.807, 2.05) is 13.8 Å². The first-order valence-electron chi connectivity index (χ1n) is 6.12. The Morgan fingerprint density at radius 2 is 2.05 bits per heavy atom. The highest BCUT2D eigenvalue weighted by molar-refractivity contribution is 9.10. The third kappa shape index (κ3) is 3.67. The van der Waals surface area contributed by atoms with Crippen molar-refractivity contribution in [2.75, 3.05) is 18.4 Å². The number of hydrogen-bond donors (Lipinski definition) is 1. The first-order valence-corrected chi connectivity index (χ1v) is 6.91. The van der Waals surface area contributed by atoms with Crippen LogP contribution in [0, 0.1) is 5.82 Å². The summed E-state index contributed by atoms with van der Waals surface area (Å²) in [6, 6.07) is 4.23. The van der Waals surface area contributed by atoms with Crippen LogP contribution in [-0.4, -0.2) is 36.2 Å². The number of nitrogens with zero attached hydrogens (tertiary/aromatic N) is 1. The van der Waals surface area contributed by atoms with Crippen LogP contribution in [0.4, 0.5) is 14.9 Å². The fourth-order valence-corrected chi connectivity index (χ4v) is 2.46. The predicted octanol–water partition coefficient (Wildman–Crippen LogP) is 3.23. The number of rotatable bonds is 1. The molecule has 1 aromatic carbocycles. The first kappa shape index (κ1) is 14.3. The lowest BCUT2D eigenvalue weighted by Crippen LogP contribution is -2.49. The van der Waals surface area contributed by atoms with Crippen LogP contribution in [0.3, 0.4) is 0 Å². The highest BCUT2D eigenvalue weighted by atomic mass is 79.9. The summed E-state index contributed by atoms with van der Waals surface area (Å²) in [5, 5.41) is 2.58. The Bertz CT molecular complexity index is 474. The van der Waals surface area contributed by atoms with E-state index in [-0.39, 0.29) is 23.9 Å². The second kappa shape index (κ2) is 5.88. The summed E-state index contributed by atoms with van der Waals surface area (Å²) in [4.78, 5) is 13.7. The molecule has 19 heavy (non-hydrogen) atoms. The molecule has 2 atom stereocenters. The average Bonchev–Trinajstić information content (AvgIpc) is 2.31. The van der Waals surface area contributed by atoms with Crippen molar-refractivity contribution < 1.29 is 13.9 Å². The van der Waals surface area contributed by atoms with Gasteiger partial charge in [-0.2, -0.15) is 0 Å². The quantitative estimate of drug-likeness (QED) is 0.858. The maximum Gasteiger partial charge on any atom is 0.322 e. The Kier molecular flexibility index (Phi) is 4.42. The van der Waals surface area contributed by atoms with Gasteiger partial charge in [0.15, 0.2) is 0 Å². The van der Waals surface area contributed by atoms with E-state index >= 15 is 0 Å². The summed E-state index contributed by atoms with van der Waals surface area (Å²) in [5.41, 5.74) is 0.181. The molecule has 0 aliphatic carbocycles. The number of hydrogen-bond acceptors (Lipinski definition) is 2. The molecule has 1 saturated heterocycles. The molecule has 1 N–H and O–H groups in total. The summed E-state index contributed by atoms with van der Waals surface area (Å²) >= 11 is 3.18. The van der Waals surface area contributed by atoms with Crippen LogP contribution < -0.4 is 5.32 Å². The van der Waals surface area contributed by atoms with Gasteiger partial charge in [-0.1, -0.05) is 15.9 Å². The second-order valence-electron chi connectivity index (χ2n) is 4.72. The molecular formula is C13H16BrFN2O2. The molecule has 0 aromatic heterocycles. The van der Waals surface area contributed by atoms with Gasteiger partial charge in [0.1, 0.15) is 5.82 Å². The molecule has 0 bridgehead atoms. The van der Waals surface area contributed by atoms with Gasteiger partial charge in [-0.15, -0.1) is 0 Å². The highest BCUT2D eigenvalue weighted by Gasteiger charge is 2.26. The van der Waals surface area contributed by atoms with Gasteiger partial charge in [0.05, 0.1) is 17.9 Å². The summed E-state index contributed by atoms with van der Waals surface area (Å²) < 4.78 is 19.8. The fraction of sp³-hybridized carbons (Fsp3) is 0.462. The number of morpholine rings is 1. The van der Waals surface area contributed by atoms with E-state index < -0.39 is 5.82 Å². The van der Waals surface area contributed by atoms with Gasteiger partial charge in [0, 0.05) is 17.6 Å². The van der Waals surface area contributed by atoms with E-state index in [1.54, 1.807) is 11.0 Å². The number of nitrogens with one attached hydrogen (secondary N) is 1. The van der Waals surface area contributed by atoms with Crippen LogP contribution in [0.5, 0.6) is 0 Å². The molecule has 104 valence electrons. The van der Waals surface area contributed by atoms with E-state index in [0.717, 1.165) is 0 Å². The van der Waals surface area contributed by atoms with E-state index in [4.69, 9.17) is 4.74 Å². The summed E-state index contributed by atoms with van der Waals surface area (Å²) in [6.45, 7) is 4.84. The van der Waals surface area contributed by atoms with Gasteiger partial charge < -0.3 is 15.0 Å². The van der Waals surface area contributed by atoms with Gasteiger partial charge in [0.25, 0.3) is 0 Å². The Labute approximate surface area is 120 Å². The number of urea groups is 1. The normalized spacial score (nSPS) is 23.3. The third-order valence-electron chi connectivity index (χ3n) is 2.88. The van der Waals surface area contributed by atoms with Crippen LogP contribution in [0.25, 0.3) is 0 Å². The zero-order chi connectivity index (χ0) is 14.0. The van der Waals surface area contributed by atoms with E-state index in [0.29, 0.717) is 17.6 Å². The van der Waals surface area contributed by atoms with Gasteiger partial charge in [-0.25, -0.2) is 9.18 Å². The predicted molar refractivity (Wildman–Crippen MR) is 74.7 cm³/mol. The molecule has 2 amide bonds. The van der Waals surface area contributed by atoms with E-state index in [1.165, 1.54) is 12.1 Å². The van der Waals surface area contributed by atoms with Gasteiger partial charge >= 0.3 is 6.03 Å². The number of benzene rings is 1. The van der Waals surface area contributed by atoms with E-state index in [2.05, 4.69) is 21.2 Å². The van der Waals surface area contributed by atoms with Gasteiger partial charge in [-0.05, 0) is 32.0 Å². The average molecular weight is 331 g/mol. The van der Waals surface area contributed by atoms with Crippen molar-refractivity contribution in [2.45, 2.75) is 26.1 Å². The van der Waals surface area contributed by atoms with Gasteiger partial charge in [0.2, 0.25) is 0 Å². The lowest BCUT2D eigenvalue weighted by molar-refractivity contribution is -0.0530. The second-order valence-corrected chi connectivity index (χ2v) is 5.63. The van der Waals surface area contributed by atoms with Crippen molar-refractivity contribution in [2.24, 2.45) is 0 Å². The Morgan fingerprint density at radius 1 is 1.42 bits per heavy atom. The monoisotopic (exact) mass is 330 g/mol. The molecule has 0 saturated carbocycles. The summed E-state index contributed by atoms with van der Waals surface area (Å²) in [7, 11) is 0. The number of amides is 2. The first-order chi connectivity index (χ1) is 8.95. The number of carbonyl (C=O) groups is 1. The lowest BCUT2D eigenvalue weighted by Gasteiger charge is -2.35. The highest BCUT2D eigenvalue weighted by Crippen LogP contribution is 2.20. The zero-order valence-electron chi connectivity index (χ0n) is 10.8. The number of anilines is 1.